The van der Waals surface area contributed by atoms with Crippen molar-refractivity contribution in [2.24, 2.45) is 0 Å². The largest absolute Gasteiger partial charge is 0.497 e. The lowest BCUT2D eigenvalue weighted by atomic mass is 10.1. The van der Waals surface area contributed by atoms with Crippen molar-refractivity contribution >= 4 is 27.3 Å². The normalized spacial score (nSPS) is 10.5. The lowest BCUT2D eigenvalue weighted by Gasteiger charge is -2.08. The van der Waals surface area contributed by atoms with Gasteiger partial charge in [-0.05, 0) is 45.3 Å². The maximum Gasteiger partial charge on any atom is 0.247 e. The summed E-state index contributed by atoms with van der Waals surface area (Å²) in [7, 11) is 1.64. The van der Waals surface area contributed by atoms with Gasteiger partial charge >= 0.3 is 0 Å². The molecule has 4 heteroatoms. The predicted octanol–water partition coefficient (Wildman–Crippen LogP) is 5.21. The van der Waals surface area contributed by atoms with E-state index in [9.17, 15) is 4.79 Å². The van der Waals surface area contributed by atoms with Gasteiger partial charge in [0.25, 0.3) is 0 Å². The molecule has 2 aromatic carbocycles. The second-order valence-corrected chi connectivity index (χ2v) is 6.53. The van der Waals surface area contributed by atoms with Crippen LogP contribution in [0.3, 0.4) is 0 Å². The highest BCUT2D eigenvalue weighted by Gasteiger charge is 2.11. The molecule has 0 fully saturated rings. The summed E-state index contributed by atoms with van der Waals surface area (Å²) in [6, 6.07) is 19.7. The Morgan fingerprint density at radius 3 is 2.27 bits per heavy atom. The Hall–Kier alpha value is -1.91. The molecule has 0 atom stereocenters. The molecule has 22 heavy (non-hydrogen) atoms. The van der Waals surface area contributed by atoms with Crippen molar-refractivity contribution < 1.29 is 4.74 Å². The van der Waals surface area contributed by atoms with Crippen LogP contribution in [0.15, 0.2) is 69.9 Å². The standard InChI is InChI=1S/C18H13BrO2S/c1-21-14-9-7-12(8-10-14)15-11-16(22-18(20)17(15)19)13-5-3-2-4-6-13/h2-11H,1H3. The van der Waals surface area contributed by atoms with Gasteiger partial charge in [0.05, 0.1) is 11.6 Å². The Labute approximate surface area is 141 Å². The maximum absolute atomic E-state index is 12.3. The van der Waals surface area contributed by atoms with Crippen LogP contribution in [0.5, 0.6) is 5.75 Å². The summed E-state index contributed by atoms with van der Waals surface area (Å²) in [5.74, 6) is 0.796. The molecule has 3 aromatic rings. The van der Waals surface area contributed by atoms with E-state index in [1.165, 1.54) is 11.3 Å². The van der Waals surface area contributed by atoms with E-state index in [0.29, 0.717) is 4.47 Å². The zero-order valence-electron chi connectivity index (χ0n) is 11.9. The van der Waals surface area contributed by atoms with Crippen LogP contribution < -0.4 is 9.48 Å². The smallest absolute Gasteiger partial charge is 0.247 e. The molecule has 0 radical (unpaired) electrons. The minimum Gasteiger partial charge on any atom is -0.497 e. The van der Waals surface area contributed by atoms with Crippen molar-refractivity contribution in [2.45, 2.75) is 0 Å². The van der Waals surface area contributed by atoms with Gasteiger partial charge in [-0.2, -0.15) is 0 Å². The van der Waals surface area contributed by atoms with Crippen molar-refractivity contribution in [3.63, 3.8) is 0 Å². The van der Waals surface area contributed by atoms with Crippen molar-refractivity contribution in [1.82, 2.24) is 0 Å². The number of ether oxygens (including phenoxy) is 1. The van der Waals surface area contributed by atoms with Crippen LogP contribution in [0.25, 0.3) is 21.6 Å². The Bertz CT molecular complexity index is 839. The first kappa shape index (κ1) is 15.0. The first-order valence-corrected chi connectivity index (χ1v) is 8.33. The molecule has 0 aliphatic heterocycles. The highest BCUT2D eigenvalue weighted by atomic mass is 79.9. The SMILES string of the molecule is COc1ccc(-c2cc(-c3ccccc3)sc(=O)c2Br)cc1. The highest BCUT2D eigenvalue weighted by molar-refractivity contribution is 9.10. The van der Waals surface area contributed by atoms with Crippen molar-refractivity contribution in [2.75, 3.05) is 7.11 Å². The van der Waals surface area contributed by atoms with Gasteiger partial charge in [-0.25, -0.2) is 0 Å². The molecule has 0 spiro atoms. The van der Waals surface area contributed by atoms with Crippen LogP contribution in [0.1, 0.15) is 0 Å². The Balaban J connectivity index is 2.14. The Morgan fingerprint density at radius 1 is 0.955 bits per heavy atom. The van der Waals surface area contributed by atoms with Crippen molar-refractivity contribution in [1.29, 1.82) is 0 Å². The highest BCUT2D eigenvalue weighted by Crippen LogP contribution is 2.33. The van der Waals surface area contributed by atoms with Gasteiger partial charge in [0.15, 0.2) is 0 Å². The fraction of sp³-hybridized carbons (Fsp3) is 0.0556. The predicted molar refractivity (Wildman–Crippen MR) is 95.7 cm³/mol. The fourth-order valence-corrected chi connectivity index (χ4v) is 3.62. The number of hydrogen-bond acceptors (Lipinski definition) is 3. The Morgan fingerprint density at radius 2 is 1.64 bits per heavy atom. The summed E-state index contributed by atoms with van der Waals surface area (Å²) in [5.41, 5.74) is 2.92. The summed E-state index contributed by atoms with van der Waals surface area (Å²) in [6.07, 6.45) is 0. The average Bonchev–Trinajstić information content (AvgIpc) is 2.58. The summed E-state index contributed by atoms with van der Waals surface area (Å²) >= 11 is 4.67. The van der Waals surface area contributed by atoms with Crippen molar-refractivity contribution in [3.05, 3.63) is 74.7 Å². The zero-order valence-corrected chi connectivity index (χ0v) is 14.3. The van der Waals surface area contributed by atoms with Gasteiger partial charge in [0.2, 0.25) is 4.74 Å². The first-order chi connectivity index (χ1) is 10.7. The summed E-state index contributed by atoms with van der Waals surface area (Å²) in [5, 5.41) is 0. The molecule has 0 saturated heterocycles. The molecule has 2 nitrogen and oxygen atoms in total. The summed E-state index contributed by atoms with van der Waals surface area (Å²) in [6.45, 7) is 0. The minimum absolute atomic E-state index is 0.0205. The summed E-state index contributed by atoms with van der Waals surface area (Å²) < 4.78 is 5.80. The van der Waals surface area contributed by atoms with Gasteiger partial charge in [-0.15, -0.1) is 0 Å². The maximum atomic E-state index is 12.3. The van der Waals surface area contributed by atoms with E-state index in [1.807, 2.05) is 60.7 Å². The van der Waals surface area contributed by atoms with Gasteiger partial charge in [0, 0.05) is 10.4 Å². The minimum atomic E-state index is 0.0205. The molecule has 0 amide bonds. The van der Waals surface area contributed by atoms with E-state index >= 15 is 0 Å². The van der Waals surface area contributed by atoms with Crippen LogP contribution >= 0.6 is 27.3 Å². The lowest BCUT2D eigenvalue weighted by molar-refractivity contribution is 0.415. The quantitative estimate of drug-likeness (QED) is 0.630. The van der Waals surface area contributed by atoms with Crippen molar-refractivity contribution in [3.8, 4) is 27.3 Å². The van der Waals surface area contributed by atoms with Crippen LogP contribution in [-0.4, -0.2) is 7.11 Å². The van der Waals surface area contributed by atoms with E-state index in [4.69, 9.17) is 4.74 Å². The lowest BCUT2D eigenvalue weighted by Crippen LogP contribution is -1.98. The number of benzene rings is 2. The third-order valence-electron chi connectivity index (χ3n) is 3.35. The van der Waals surface area contributed by atoms with E-state index in [-0.39, 0.29) is 4.74 Å². The number of halogens is 1. The fourth-order valence-electron chi connectivity index (χ4n) is 2.20. The monoisotopic (exact) mass is 372 g/mol. The van der Waals surface area contributed by atoms with E-state index in [2.05, 4.69) is 15.9 Å². The topological polar surface area (TPSA) is 26.3 Å². The zero-order chi connectivity index (χ0) is 15.5. The molecule has 0 aliphatic rings. The third-order valence-corrected chi connectivity index (χ3v) is 5.37. The molecule has 110 valence electrons. The van der Waals surface area contributed by atoms with Gasteiger partial charge < -0.3 is 4.74 Å². The molecule has 0 aliphatic carbocycles. The molecule has 0 saturated carbocycles. The van der Waals surface area contributed by atoms with E-state index < -0.39 is 0 Å². The van der Waals surface area contributed by atoms with E-state index in [1.54, 1.807) is 7.11 Å². The number of hydrogen-bond donors (Lipinski definition) is 0. The molecular weight excluding hydrogens is 360 g/mol. The molecule has 0 unspecified atom stereocenters. The van der Waals surface area contributed by atoms with Crippen LogP contribution in [0.4, 0.5) is 0 Å². The van der Waals surface area contributed by atoms with Crippen LogP contribution in [0, 0.1) is 0 Å². The van der Waals surface area contributed by atoms with Gasteiger partial charge in [0.1, 0.15) is 5.75 Å². The van der Waals surface area contributed by atoms with E-state index in [0.717, 1.165) is 27.3 Å². The third kappa shape index (κ3) is 2.98. The number of rotatable bonds is 3. The number of methoxy groups -OCH3 is 1. The summed E-state index contributed by atoms with van der Waals surface area (Å²) in [4.78, 5) is 13.2. The van der Waals surface area contributed by atoms with Crippen LogP contribution in [0.2, 0.25) is 0 Å². The molecule has 0 bridgehead atoms. The average molecular weight is 373 g/mol. The second kappa shape index (κ2) is 6.46. The molecular formula is C18H13BrO2S. The molecule has 1 aromatic heterocycles. The van der Waals surface area contributed by atoms with Crippen LogP contribution in [-0.2, 0) is 0 Å². The Kier molecular flexibility index (Phi) is 4.41. The second-order valence-electron chi connectivity index (χ2n) is 4.72. The van der Waals surface area contributed by atoms with Gasteiger partial charge in [-0.1, -0.05) is 53.8 Å². The molecule has 1 heterocycles. The first-order valence-electron chi connectivity index (χ1n) is 6.72. The van der Waals surface area contributed by atoms with Gasteiger partial charge in [-0.3, -0.25) is 4.79 Å². The molecule has 0 N–H and O–H groups in total. The molecule has 3 rings (SSSR count).